The van der Waals surface area contributed by atoms with E-state index in [4.69, 9.17) is 70.1 Å². The standard InChI is InChI=1S/C24H25Cl2N3O4.C23H23Cl2N3O4/c1-12-7-14(23(30)33-4)9-17(12)29-24-27-11-15-8-13(5-6-16(15)28-24)20-21(25)18(31-2)10-19(32-3)22(20)26;1-11-6-13(22(29)30)8-16(11)28-23-26-10-14-7-12(4-5-15(14)27-23)19-20(24)17(31-2)9-18(32-3)21(19)25/h5-6,8,10-12,14,17H,7,9H2,1-4H3,(H,27,28,29);4-5,7,9-11,13,16H,6,8H2,1-3H3,(H,29,30)(H,26,27,28). The number of carboxylic acids is 1. The predicted molar refractivity (Wildman–Crippen MR) is 254 cm³/mol. The number of fused-ring (bicyclic) bond motifs is 2. The van der Waals surface area contributed by atoms with Crippen LogP contribution in [-0.2, 0) is 14.3 Å². The molecule has 4 aromatic carbocycles. The van der Waals surface area contributed by atoms with Crippen molar-refractivity contribution in [3.05, 3.63) is 81.0 Å². The molecule has 14 nitrogen and oxygen atoms in total. The molecule has 6 aromatic rings. The number of hydrogen-bond acceptors (Lipinski definition) is 13. The molecule has 2 aliphatic rings. The summed E-state index contributed by atoms with van der Waals surface area (Å²) in [6, 6.07) is 14.8. The second-order valence-corrected chi connectivity index (χ2v) is 17.7. The fourth-order valence-corrected chi connectivity index (χ4v) is 10.0. The Morgan fingerprint density at radius 2 is 0.969 bits per heavy atom. The molecule has 2 fully saturated rings. The number of aliphatic carboxylic acids is 1. The molecule has 2 heterocycles. The third-order valence-corrected chi connectivity index (χ3v) is 13.7. The summed E-state index contributed by atoms with van der Waals surface area (Å²) in [6.45, 7) is 4.16. The molecule has 65 heavy (non-hydrogen) atoms. The third kappa shape index (κ3) is 10.0. The van der Waals surface area contributed by atoms with Crippen molar-refractivity contribution in [3.63, 3.8) is 0 Å². The molecule has 0 amide bonds. The van der Waals surface area contributed by atoms with E-state index in [1.54, 1.807) is 38.7 Å². The lowest BCUT2D eigenvalue weighted by atomic mass is 10.0. The Morgan fingerprint density at radius 1 is 0.585 bits per heavy atom. The second-order valence-electron chi connectivity index (χ2n) is 16.2. The van der Waals surface area contributed by atoms with E-state index in [2.05, 4.69) is 37.5 Å². The van der Waals surface area contributed by atoms with Gasteiger partial charge in [-0.15, -0.1) is 0 Å². The highest BCUT2D eigenvalue weighted by molar-refractivity contribution is 6.42. The molecule has 6 unspecified atom stereocenters. The first-order valence-electron chi connectivity index (χ1n) is 20.8. The van der Waals surface area contributed by atoms with Gasteiger partial charge in [0.25, 0.3) is 0 Å². The van der Waals surface area contributed by atoms with Crippen LogP contribution in [0.25, 0.3) is 44.1 Å². The molecule has 6 atom stereocenters. The Kier molecular flexibility index (Phi) is 14.8. The number of benzene rings is 4. The molecule has 8 rings (SSSR count). The van der Waals surface area contributed by atoms with Gasteiger partial charge in [-0.05, 0) is 72.9 Å². The highest BCUT2D eigenvalue weighted by Crippen LogP contribution is 2.48. The summed E-state index contributed by atoms with van der Waals surface area (Å²) in [5.74, 6) is 2.06. The number of esters is 1. The molecule has 2 aliphatic carbocycles. The van der Waals surface area contributed by atoms with Gasteiger partial charge in [0, 0.05) is 58.5 Å². The Morgan fingerprint density at radius 3 is 1.32 bits per heavy atom. The fraction of sp³-hybridized carbons (Fsp3) is 0.362. The maximum atomic E-state index is 11.9. The second kappa shape index (κ2) is 20.3. The lowest BCUT2D eigenvalue weighted by Gasteiger charge is -2.17. The van der Waals surface area contributed by atoms with E-state index in [1.807, 2.05) is 43.3 Å². The normalized spacial score (nSPS) is 20.2. The van der Waals surface area contributed by atoms with Gasteiger partial charge < -0.3 is 39.4 Å². The monoisotopic (exact) mass is 964 g/mol. The Balaban J connectivity index is 0.000000194. The fourth-order valence-electron chi connectivity index (χ4n) is 8.59. The smallest absolute Gasteiger partial charge is 0.308 e. The molecule has 0 radical (unpaired) electrons. The topological polar surface area (TPSA) is 176 Å². The zero-order valence-electron chi connectivity index (χ0n) is 36.7. The molecular formula is C47H48Cl4N6O8. The first-order chi connectivity index (χ1) is 31.2. The van der Waals surface area contributed by atoms with Crippen LogP contribution in [0.3, 0.4) is 0 Å². The summed E-state index contributed by atoms with van der Waals surface area (Å²) in [4.78, 5) is 41.4. The van der Waals surface area contributed by atoms with Gasteiger partial charge in [0.2, 0.25) is 11.9 Å². The van der Waals surface area contributed by atoms with Gasteiger partial charge in [0.05, 0.1) is 78.5 Å². The van der Waals surface area contributed by atoms with Gasteiger partial charge in [-0.3, -0.25) is 9.59 Å². The molecule has 0 saturated heterocycles. The summed E-state index contributed by atoms with van der Waals surface area (Å²) >= 11 is 26.2. The Labute approximate surface area is 396 Å². The molecule has 18 heteroatoms. The molecule has 0 bridgehead atoms. The van der Waals surface area contributed by atoms with Crippen molar-refractivity contribution in [1.82, 2.24) is 19.9 Å². The zero-order valence-corrected chi connectivity index (χ0v) is 39.7. The Hall–Kier alpha value is -5.54. The number of rotatable bonds is 12. The van der Waals surface area contributed by atoms with E-state index < -0.39 is 5.97 Å². The molecule has 3 N–H and O–H groups in total. The van der Waals surface area contributed by atoms with Crippen molar-refractivity contribution < 1.29 is 38.4 Å². The predicted octanol–water partition coefficient (Wildman–Crippen LogP) is 11.2. The highest BCUT2D eigenvalue weighted by Gasteiger charge is 2.37. The number of carbonyl (C=O) groups excluding carboxylic acids is 1. The first kappa shape index (κ1) is 47.4. The number of hydrogen-bond donors (Lipinski definition) is 3. The summed E-state index contributed by atoms with van der Waals surface area (Å²) in [5.41, 5.74) is 4.31. The van der Waals surface area contributed by atoms with Gasteiger partial charge >= 0.3 is 11.9 Å². The van der Waals surface area contributed by atoms with Gasteiger partial charge in [0.1, 0.15) is 23.0 Å². The van der Waals surface area contributed by atoms with Crippen LogP contribution in [0.4, 0.5) is 11.9 Å². The Bertz CT molecular complexity index is 2710. The number of carbonyl (C=O) groups is 2. The maximum absolute atomic E-state index is 11.9. The first-order valence-corrected chi connectivity index (χ1v) is 22.3. The molecule has 0 spiro atoms. The van der Waals surface area contributed by atoms with Gasteiger partial charge in [-0.1, -0.05) is 72.4 Å². The van der Waals surface area contributed by atoms with E-state index in [1.165, 1.54) is 21.3 Å². The maximum Gasteiger partial charge on any atom is 0.308 e. The van der Waals surface area contributed by atoms with E-state index >= 15 is 0 Å². The summed E-state index contributed by atoms with van der Waals surface area (Å²) < 4.78 is 26.4. The molecule has 342 valence electrons. The van der Waals surface area contributed by atoms with Crippen LogP contribution < -0.4 is 29.6 Å². The number of ether oxygens (including phenoxy) is 5. The number of nitrogens with zero attached hydrogens (tertiary/aromatic N) is 4. The van der Waals surface area contributed by atoms with Crippen LogP contribution >= 0.6 is 46.4 Å². The average molecular weight is 967 g/mol. The van der Waals surface area contributed by atoms with Crippen molar-refractivity contribution in [3.8, 4) is 45.3 Å². The quantitative estimate of drug-likeness (QED) is 0.0987. The van der Waals surface area contributed by atoms with Crippen LogP contribution in [0.1, 0.15) is 39.5 Å². The average Bonchev–Trinajstić information content (AvgIpc) is 3.87. The summed E-state index contributed by atoms with van der Waals surface area (Å²) in [5, 5.41) is 19.2. The lowest BCUT2D eigenvalue weighted by molar-refractivity contribution is -0.145. The van der Waals surface area contributed by atoms with Crippen LogP contribution in [0.2, 0.25) is 20.1 Å². The van der Waals surface area contributed by atoms with Gasteiger partial charge in [0.15, 0.2) is 0 Å². The summed E-state index contributed by atoms with van der Waals surface area (Å²) in [6.07, 6.45) is 6.17. The van der Waals surface area contributed by atoms with E-state index in [0.717, 1.165) is 39.4 Å². The SMILES string of the molecule is COC(=O)C1CC(C)C(Nc2ncc3cc(-c4c(Cl)c(OC)cc(OC)c4Cl)ccc3n2)C1.COc1cc(OC)c(Cl)c(-c2ccc3nc(NC4CC(C(=O)O)CC4C)ncc3c2)c1Cl. The minimum Gasteiger partial charge on any atom is -0.495 e. The number of aromatic nitrogens is 4. The van der Waals surface area contributed by atoms with Crippen molar-refractivity contribution in [2.75, 3.05) is 46.2 Å². The number of nitrogens with one attached hydrogen (secondary N) is 2. The van der Waals surface area contributed by atoms with Crippen molar-refractivity contribution >= 4 is 92.0 Å². The number of halogens is 4. The number of carboxylic acid groups (broad SMARTS) is 1. The minimum absolute atomic E-state index is 0.0229. The summed E-state index contributed by atoms with van der Waals surface area (Å²) in [7, 11) is 7.58. The number of anilines is 2. The number of methoxy groups -OCH3 is 5. The molecule has 2 aromatic heterocycles. The van der Waals surface area contributed by atoms with Crippen molar-refractivity contribution in [2.24, 2.45) is 23.7 Å². The van der Waals surface area contributed by atoms with Gasteiger partial charge in [-0.2, -0.15) is 0 Å². The van der Waals surface area contributed by atoms with E-state index in [0.29, 0.717) is 91.3 Å². The van der Waals surface area contributed by atoms with Crippen LogP contribution in [0, 0.1) is 23.7 Å². The largest absolute Gasteiger partial charge is 0.495 e. The van der Waals surface area contributed by atoms with E-state index in [9.17, 15) is 14.7 Å². The lowest BCUT2D eigenvalue weighted by Crippen LogP contribution is -2.23. The third-order valence-electron chi connectivity index (χ3n) is 12.2. The molecule has 0 aliphatic heterocycles. The van der Waals surface area contributed by atoms with Crippen molar-refractivity contribution in [2.45, 2.75) is 51.6 Å². The highest BCUT2D eigenvalue weighted by atomic mass is 35.5. The molecule has 2 saturated carbocycles. The van der Waals surface area contributed by atoms with Crippen molar-refractivity contribution in [1.29, 1.82) is 0 Å². The van der Waals surface area contributed by atoms with Crippen LogP contribution in [0.15, 0.2) is 60.9 Å². The van der Waals surface area contributed by atoms with Crippen LogP contribution in [-0.4, -0.2) is 84.6 Å². The van der Waals surface area contributed by atoms with Gasteiger partial charge in [-0.25, -0.2) is 19.9 Å². The minimum atomic E-state index is -0.750. The molecular weight excluding hydrogens is 918 g/mol. The zero-order chi connectivity index (χ0) is 46.7. The van der Waals surface area contributed by atoms with Crippen LogP contribution in [0.5, 0.6) is 23.0 Å². The van der Waals surface area contributed by atoms with E-state index in [-0.39, 0.29) is 35.8 Å².